The van der Waals surface area contributed by atoms with Gasteiger partial charge < -0.3 is 19.9 Å². The molecule has 3 heterocycles. The molecule has 0 spiro atoms. The van der Waals surface area contributed by atoms with E-state index < -0.39 is 0 Å². The van der Waals surface area contributed by atoms with E-state index in [1.54, 1.807) is 0 Å². The van der Waals surface area contributed by atoms with Gasteiger partial charge in [0, 0.05) is 37.2 Å². The Balaban J connectivity index is 1.73. The molecule has 1 aliphatic heterocycles. The summed E-state index contributed by atoms with van der Waals surface area (Å²) in [6.45, 7) is 8.07. The van der Waals surface area contributed by atoms with Gasteiger partial charge in [-0.25, -0.2) is 4.98 Å². The average Bonchev–Trinajstić information content (AvgIpc) is 2.98. The number of aryl methyl sites for hydroxylation is 2. The Bertz CT molecular complexity index is 687. The number of nitrogens with two attached hydrogens (primary N) is 1. The molecule has 8 nitrogen and oxygen atoms in total. The van der Waals surface area contributed by atoms with Crippen molar-refractivity contribution in [1.29, 1.82) is 0 Å². The Morgan fingerprint density at radius 1 is 1.26 bits per heavy atom. The van der Waals surface area contributed by atoms with Crippen molar-refractivity contribution in [2.45, 2.75) is 39.7 Å². The second-order valence-electron chi connectivity index (χ2n) is 5.72. The fraction of sp³-hybridized carbons (Fsp3) is 0.600. The highest BCUT2D eigenvalue weighted by atomic mass is 16.5. The largest absolute Gasteiger partial charge is 0.374 e. The van der Waals surface area contributed by atoms with Crippen LogP contribution in [0.25, 0.3) is 0 Å². The minimum atomic E-state index is 0.00181. The third kappa shape index (κ3) is 3.42. The van der Waals surface area contributed by atoms with Crippen molar-refractivity contribution in [2.75, 3.05) is 30.3 Å². The maximum atomic E-state index is 5.84. The van der Waals surface area contributed by atoms with Crippen molar-refractivity contribution in [2.24, 2.45) is 0 Å². The molecular weight excluding hydrogens is 296 g/mol. The highest BCUT2D eigenvalue weighted by molar-refractivity contribution is 5.51. The van der Waals surface area contributed by atoms with E-state index in [1.807, 2.05) is 20.8 Å². The van der Waals surface area contributed by atoms with E-state index in [0.29, 0.717) is 37.2 Å². The van der Waals surface area contributed by atoms with Crippen molar-refractivity contribution in [3.05, 3.63) is 23.0 Å². The molecule has 3 rings (SSSR count). The van der Waals surface area contributed by atoms with E-state index in [4.69, 9.17) is 15.0 Å². The predicted octanol–water partition coefficient (Wildman–Crippen LogP) is 1.07. The minimum Gasteiger partial charge on any atom is -0.374 e. The zero-order valence-corrected chi connectivity index (χ0v) is 13.7. The van der Waals surface area contributed by atoms with Gasteiger partial charge in [-0.3, -0.25) is 0 Å². The molecule has 23 heavy (non-hydrogen) atoms. The highest BCUT2D eigenvalue weighted by Crippen LogP contribution is 2.23. The van der Waals surface area contributed by atoms with E-state index in [1.165, 1.54) is 0 Å². The summed E-state index contributed by atoms with van der Waals surface area (Å²) in [5.74, 6) is 2.52. The van der Waals surface area contributed by atoms with Crippen LogP contribution in [0.5, 0.6) is 0 Å². The van der Waals surface area contributed by atoms with Gasteiger partial charge in [-0.1, -0.05) is 12.1 Å². The zero-order valence-electron chi connectivity index (χ0n) is 13.7. The van der Waals surface area contributed by atoms with Crippen LogP contribution in [0.4, 0.5) is 11.8 Å². The first-order chi connectivity index (χ1) is 11.1. The lowest BCUT2D eigenvalue weighted by atomic mass is 10.1. The molecule has 0 saturated carbocycles. The van der Waals surface area contributed by atoms with Crippen LogP contribution in [0.2, 0.25) is 0 Å². The molecule has 2 aromatic rings. The molecule has 1 fully saturated rings. The van der Waals surface area contributed by atoms with E-state index in [0.717, 1.165) is 30.0 Å². The first-order valence-electron chi connectivity index (χ1n) is 7.85. The van der Waals surface area contributed by atoms with Gasteiger partial charge in [0.25, 0.3) is 0 Å². The lowest BCUT2D eigenvalue weighted by Crippen LogP contribution is -2.44. The van der Waals surface area contributed by atoms with E-state index >= 15 is 0 Å². The fourth-order valence-corrected chi connectivity index (χ4v) is 2.70. The number of nitrogen functional groups attached to an aromatic ring is 1. The molecule has 124 valence electrons. The van der Waals surface area contributed by atoms with E-state index in [9.17, 15) is 0 Å². The van der Waals surface area contributed by atoms with Crippen LogP contribution < -0.4 is 10.6 Å². The molecule has 2 aromatic heterocycles. The zero-order chi connectivity index (χ0) is 16.4. The summed E-state index contributed by atoms with van der Waals surface area (Å²) >= 11 is 0. The quantitative estimate of drug-likeness (QED) is 0.893. The molecule has 0 amide bonds. The van der Waals surface area contributed by atoms with Crippen LogP contribution in [0.15, 0.2) is 4.52 Å². The van der Waals surface area contributed by atoms with E-state index in [2.05, 4.69) is 25.0 Å². The third-order valence-electron chi connectivity index (χ3n) is 4.04. The van der Waals surface area contributed by atoms with Gasteiger partial charge in [0.2, 0.25) is 11.8 Å². The number of anilines is 2. The molecule has 2 N–H and O–H groups in total. The van der Waals surface area contributed by atoms with Gasteiger partial charge in [-0.2, -0.15) is 9.97 Å². The number of rotatable bonds is 4. The second-order valence-corrected chi connectivity index (χ2v) is 5.72. The number of hydrogen-bond acceptors (Lipinski definition) is 8. The first kappa shape index (κ1) is 15.7. The number of hydrogen-bond donors (Lipinski definition) is 1. The molecule has 8 heteroatoms. The molecule has 0 aliphatic carbocycles. The van der Waals surface area contributed by atoms with Crippen LogP contribution in [-0.4, -0.2) is 45.9 Å². The number of aromatic nitrogens is 4. The van der Waals surface area contributed by atoms with Gasteiger partial charge in [0.05, 0.1) is 12.7 Å². The highest BCUT2D eigenvalue weighted by Gasteiger charge is 2.25. The Labute approximate surface area is 135 Å². The summed E-state index contributed by atoms with van der Waals surface area (Å²) in [7, 11) is 0. The first-order valence-corrected chi connectivity index (χ1v) is 7.85. The van der Waals surface area contributed by atoms with Crippen LogP contribution >= 0.6 is 0 Å². The molecule has 0 radical (unpaired) electrons. The molecule has 1 saturated heterocycles. The van der Waals surface area contributed by atoms with Crippen LogP contribution in [0.3, 0.4) is 0 Å². The maximum Gasteiger partial charge on any atom is 0.226 e. The van der Waals surface area contributed by atoms with E-state index in [-0.39, 0.29) is 6.10 Å². The third-order valence-corrected chi connectivity index (χ3v) is 4.04. The number of nitrogens with zero attached hydrogens (tertiary/aromatic N) is 5. The topological polar surface area (TPSA) is 103 Å². The summed E-state index contributed by atoms with van der Waals surface area (Å²) < 4.78 is 11.0. The normalized spacial score (nSPS) is 18.4. The van der Waals surface area contributed by atoms with Gasteiger partial charge >= 0.3 is 0 Å². The maximum absolute atomic E-state index is 5.84. The summed E-state index contributed by atoms with van der Waals surface area (Å²) in [4.78, 5) is 15.1. The van der Waals surface area contributed by atoms with Gasteiger partial charge in [-0.15, -0.1) is 0 Å². The van der Waals surface area contributed by atoms with Crippen molar-refractivity contribution < 1.29 is 9.26 Å². The Kier molecular flexibility index (Phi) is 4.42. The summed E-state index contributed by atoms with van der Waals surface area (Å²) in [5.41, 5.74) is 7.75. The van der Waals surface area contributed by atoms with Crippen LogP contribution in [0, 0.1) is 13.8 Å². The lowest BCUT2D eigenvalue weighted by molar-refractivity contribution is 0.0392. The summed E-state index contributed by atoms with van der Waals surface area (Å²) in [5, 5.41) is 3.99. The van der Waals surface area contributed by atoms with Crippen molar-refractivity contribution >= 4 is 11.8 Å². The van der Waals surface area contributed by atoms with Crippen molar-refractivity contribution in [3.8, 4) is 0 Å². The van der Waals surface area contributed by atoms with Crippen molar-refractivity contribution in [1.82, 2.24) is 20.1 Å². The second kappa shape index (κ2) is 6.49. The average molecular weight is 318 g/mol. The Hall–Kier alpha value is -2.22. The van der Waals surface area contributed by atoms with Gasteiger partial charge in [0.15, 0.2) is 5.82 Å². The number of ether oxygens (including phenoxy) is 1. The van der Waals surface area contributed by atoms with Crippen LogP contribution in [-0.2, 0) is 17.6 Å². The summed E-state index contributed by atoms with van der Waals surface area (Å²) in [6, 6.07) is 0. The fourth-order valence-electron chi connectivity index (χ4n) is 2.70. The molecule has 0 unspecified atom stereocenters. The standard InChI is InChI=1S/C15H22N6O2/c1-4-13-18-12(20-23-13)7-11-8-21(5-6-22-11)14-9(2)10(3)17-15(16)19-14/h11H,4-8H2,1-3H3,(H2,16,17,19)/t11-/m1/s1. The Morgan fingerprint density at radius 3 is 2.83 bits per heavy atom. The van der Waals surface area contributed by atoms with Crippen molar-refractivity contribution in [3.63, 3.8) is 0 Å². The molecule has 0 aromatic carbocycles. The minimum absolute atomic E-state index is 0.00181. The predicted molar refractivity (Wildman–Crippen MR) is 85.3 cm³/mol. The SMILES string of the molecule is CCc1nc(C[C@@H]2CN(c3nc(N)nc(C)c3C)CCO2)no1. The lowest BCUT2D eigenvalue weighted by Gasteiger charge is -2.34. The summed E-state index contributed by atoms with van der Waals surface area (Å²) in [6.07, 6.45) is 1.36. The van der Waals surface area contributed by atoms with Gasteiger partial charge in [0.1, 0.15) is 5.82 Å². The number of morpholine rings is 1. The van der Waals surface area contributed by atoms with Crippen LogP contribution in [0.1, 0.15) is 29.9 Å². The molecular formula is C15H22N6O2. The Morgan fingerprint density at radius 2 is 2.09 bits per heavy atom. The molecule has 0 bridgehead atoms. The molecule has 1 aliphatic rings. The smallest absolute Gasteiger partial charge is 0.226 e. The molecule has 1 atom stereocenters. The monoisotopic (exact) mass is 318 g/mol. The van der Waals surface area contributed by atoms with Gasteiger partial charge in [-0.05, 0) is 13.8 Å².